The van der Waals surface area contributed by atoms with Gasteiger partial charge in [-0.05, 0) is 25.3 Å². The van der Waals surface area contributed by atoms with Gasteiger partial charge in [-0.25, -0.2) is 0 Å². The average molecular weight is 249 g/mol. The molecule has 100 valence electrons. The number of rotatable bonds is 4. The third kappa shape index (κ3) is 3.02. The van der Waals surface area contributed by atoms with Gasteiger partial charge < -0.3 is 9.80 Å². The van der Waals surface area contributed by atoms with Crippen molar-refractivity contribution in [3.63, 3.8) is 0 Å². The number of hydrogen-bond acceptors (Lipinski definition) is 3. The van der Waals surface area contributed by atoms with Crippen molar-refractivity contribution in [1.82, 2.24) is 9.80 Å². The van der Waals surface area contributed by atoms with E-state index in [0.717, 1.165) is 32.0 Å². The van der Waals surface area contributed by atoms with Crippen LogP contribution in [0.3, 0.4) is 0 Å². The molecule has 0 saturated carbocycles. The van der Waals surface area contributed by atoms with Crippen molar-refractivity contribution in [3.05, 3.63) is 0 Å². The van der Waals surface area contributed by atoms with Crippen molar-refractivity contribution in [2.75, 3.05) is 26.2 Å². The van der Waals surface area contributed by atoms with E-state index in [1.54, 1.807) is 0 Å². The van der Waals surface area contributed by atoms with E-state index in [9.17, 15) is 4.79 Å². The molecule has 4 nitrogen and oxygen atoms in total. The molecule has 2 aliphatic heterocycles. The van der Waals surface area contributed by atoms with E-state index in [-0.39, 0.29) is 11.8 Å². The Kier molecular flexibility index (Phi) is 4.23. The van der Waals surface area contributed by atoms with E-state index < -0.39 is 0 Å². The van der Waals surface area contributed by atoms with Crippen LogP contribution >= 0.6 is 0 Å². The van der Waals surface area contributed by atoms with Gasteiger partial charge in [0.25, 0.3) is 0 Å². The van der Waals surface area contributed by atoms with Crippen LogP contribution in [0.4, 0.5) is 0 Å². The summed E-state index contributed by atoms with van der Waals surface area (Å²) < 4.78 is 0. The number of hydrogen-bond donors (Lipinski definition) is 0. The maximum Gasteiger partial charge on any atom is 0.224 e. The van der Waals surface area contributed by atoms with Crippen molar-refractivity contribution in [2.45, 2.75) is 39.2 Å². The number of carbonyl (C=O) groups is 1. The Labute approximate surface area is 110 Å². The normalized spacial score (nSPS) is 29.2. The summed E-state index contributed by atoms with van der Waals surface area (Å²) in [5.74, 6) is 0.833. The maximum absolute atomic E-state index is 11.9. The first-order chi connectivity index (χ1) is 8.60. The molecule has 0 aromatic rings. The summed E-state index contributed by atoms with van der Waals surface area (Å²) in [6.45, 7) is 8.37. The van der Waals surface area contributed by atoms with Gasteiger partial charge in [-0.2, -0.15) is 5.26 Å². The summed E-state index contributed by atoms with van der Waals surface area (Å²) in [7, 11) is 0. The van der Waals surface area contributed by atoms with E-state index in [1.807, 2.05) is 4.90 Å². The molecule has 0 radical (unpaired) electrons. The van der Waals surface area contributed by atoms with Gasteiger partial charge in [-0.1, -0.05) is 13.8 Å². The van der Waals surface area contributed by atoms with Crippen LogP contribution in [-0.2, 0) is 4.79 Å². The Balaban J connectivity index is 1.82. The van der Waals surface area contributed by atoms with E-state index in [2.05, 4.69) is 24.8 Å². The number of carbonyl (C=O) groups excluding carboxylic acids is 1. The van der Waals surface area contributed by atoms with Gasteiger partial charge >= 0.3 is 0 Å². The van der Waals surface area contributed by atoms with Gasteiger partial charge in [0.15, 0.2) is 0 Å². The maximum atomic E-state index is 11.9. The lowest BCUT2D eigenvalue weighted by atomic mass is 10.1. The van der Waals surface area contributed by atoms with Gasteiger partial charge in [-0.15, -0.1) is 0 Å². The van der Waals surface area contributed by atoms with Crippen molar-refractivity contribution in [2.24, 2.45) is 11.8 Å². The highest BCUT2D eigenvalue weighted by Gasteiger charge is 2.37. The van der Waals surface area contributed by atoms with Crippen LogP contribution in [0.5, 0.6) is 0 Å². The second-order valence-corrected chi connectivity index (χ2v) is 6.00. The van der Waals surface area contributed by atoms with Crippen LogP contribution in [0, 0.1) is 23.2 Å². The molecule has 0 aliphatic carbocycles. The number of nitriles is 1. The van der Waals surface area contributed by atoms with Crippen LogP contribution < -0.4 is 0 Å². The van der Waals surface area contributed by atoms with E-state index >= 15 is 0 Å². The highest BCUT2D eigenvalue weighted by atomic mass is 16.2. The van der Waals surface area contributed by atoms with Crippen LogP contribution in [0.25, 0.3) is 0 Å². The largest absolute Gasteiger partial charge is 0.337 e. The van der Waals surface area contributed by atoms with Gasteiger partial charge in [0.2, 0.25) is 5.91 Å². The Morgan fingerprint density at radius 1 is 1.44 bits per heavy atom. The van der Waals surface area contributed by atoms with Gasteiger partial charge in [0, 0.05) is 32.1 Å². The molecular formula is C14H23N3O. The topological polar surface area (TPSA) is 47.3 Å². The summed E-state index contributed by atoms with van der Waals surface area (Å²) in [5.41, 5.74) is 0. The summed E-state index contributed by atoms with van der Waals surface area (Å²) >= 11 is 0. The van der Waals surface area contributed by atoms with E-state index in [1.165, 1.54) is 6.42 Å². The van der Waals surface area contributed by atoms with E-state index in [4.69, 9.17) is 5.26 Å². The molecule has 2 aliphatic rings. The lowest BCUT2D eigenvalue weighted by molar-refractivity contribution is -0.129. The fourth-order valence-electron chi connectivity index (χ4n) is 2.88. The quantitative estimate of drug-likeness (QED) is 0.758. The summed E-state index contributed by atoms with van der Waals surface area (Å²) in [6.07, 6.45) is 2.72. The first-order valence-electron chi connectivity index (χ1n) is 7.01. The molecule has 18 heavy (non-hydrogen) atoms. The Morgan fingerprint density at radius 2 is 2.22 bits per heavy atom. The highest BCUT2D eigenvalue weighted by Crippen LogP contribution is 2.24. The van der Waals surface area contributed by atoms with Crippen molar-refractivity contribution >= 4 is 5.91 Å². The fourth-order valence-corrected chi connectivity index (χ4v) is 2.88. The van der Waals surface area contributed by atoms with Gasteiger partial charge in [0.05, 0.1) is 12.0 Å². The van der Waals surface area contributed by atoms with Crippen molar-refractivity contribution < 1.29 is 4.79 Å². The summed E-state index contributed by atoms with van der Waals surface area (Å²) in [6, 6.07) is 2.57. The van der Waals surface area contributed by atoms with Gasteiger partial charge in [0.1, 0.15) is 0 Å². The third-order valence-corrected chi connectivity index (χ3v) is 4.05. The predicted molar refractivity (Wildman–Crippen MR) is 69.7 cm³/mol. The number of amides is 1. The lowest BCUT2D eigenvalue weighted by Crippen LogP contribution is -2.38. The first kappa shape index (κ1) is 13.4. The SMILES string of the molecule is CC(C)CCN1CCC(N2CC(C#N)CC2=O)C1. The monoisotopic (exact) mass is 249 g/mol. The molecule has 0 N–H and O–H groups in total. The smallest absolute Gasteiger partial charge is 0.224 e. The molecule has 2 heterocycles. The number of likely N-dealkylation sites (tertiary alicyclic amines) is 2. The Hall–Kier alpha value is -1.08. The van der Waals surface area contributed by atoms with Crippen molar-refractivity contribution in [1.29, 1.82) is 5.26 Å². The lowest BCUT2D eigenvalue weighted by Gasteiger charge is -2.24. The summed E-state index contributed by atoms with van der Waals surface area (Å²) in [4.78, 5) is 16.3. The minimum absolute atomic E-state index is 0.0813. The molecular weight excluding hydrogens is 226 g/mol. The van der Waals surface area contributed by atoms with Gasteiger partial charge in [-0.3, -0.25) is 4.79 Å². The molecule has 2 atom stereocenters. The van der Waals surface area contributed by atoms with Crippen LogP contribution in [0.1, 0.15) is 33.1 Å². The molecule has 2 fully saturated rings. The Bertz CT molecular complexity index is 347. The highest BCUT2D eigenvalue weighted by molar-refractivity contribution is 5.79. The minimum Gasteiger partial charge on any atom is -0.337 e. The zero-order valence-electron chi connectivity index (χ0n) is 11.4. The molecule has 0 aromatic carbocycles. The third-order valence-electron chi connectivity index (χ3n) is 4.05. The van der Waals surface area contributed by atoms with E-state index in [0.29, 0.717) is 19.0 Å². The van der Waals surface area contributed by atoms with Crippen LogP contribution in [0.15, 0.2) is 0 Å². The fraction of sp³-hybridized carbons (Fsp3) is 0.857. The zero-order chi connectivity index (χ0) is 13.1. The first-order valence-corrected chi connectivity index (χ1v) is 7.01. The van der Waals surface area contributed by atoms with Crippen LogP contribution in [0.2, 0.25) is 0 Å². The minimum atomic E-state index is -0.0813. The molecule has 0 spiro atoms. The second kappa shape index (κ2) is 5.71. The molecule has 0 aromatic heterocycles. The molecule has 2 rings (SSSR count). The molecule has 0 bridgehead atoms. The Morgan fingerprint density at radius 3 is 2.83 bits per heavy atom. The standard InChI is InChI=1S/C14H23N3O/c1-11(2)3-5-16-6-4-13(10-16)17-9-12(8-15)7-14(17)18/h11-13H,3-7,9-10H2,1-2H3. The van der Waals surface area contributed by atoms with Crippen molar-refractivity contribution in [3.8, 4) is 6.07 Å². The summed E-state index contributed by atoms with van der Waals surface area (Å²) in [5, 5.41) is 8.90. The molecule has 2 saturated heterocycles. The number of nitrogens with zero attached hydrogens (tertiary/aromatic N) is 3. The molecule has 2 unspecified atom stereocenters. The van der Waals surface area contributed by atoms with Crippen LogP contribution in [-0.4, -0.2) is 47.9 Å². The second-order valence-electron chi connectivity index (χ2n) is 6.00. The predicted octanol–water partition coefficient (Wildman–Crippen LogP) is 1.48. The molecule has 1 amide bonds. The molecule has 4 heteroatoms. The zero-order valence-corrected chi connectivity index (χ0v) is 11.4. The average Bonchev–Trinajstić information content (AvgIpc) is 2.92.